The summed E-state index contributed by atoms with van der Waals surface area (Å²) in [4.78, 5) is 3.96. The van der Waals surface area contributed by atoms with Crippen molar-refractivity contribution in [2.24, 2.45) is 0 Å². The Balaban J connectivity index is 2.07. The summed E-state index contributed by atoms with van der Waals surface area (Å²) in [5.74, 6) is 0.761. The Kier molecular flexibility index (Phi) is 5.54. The van der Waals surface area contributed by atoms with E-state index in [0.29, 0.717) is 0 Å². The highest BCUT2D eigenvalue weighted by atomic mass is 35.5. The first-order chi connectivity index (χ1) is 6.43. The van der Waals surface area contributed by atoms with E-state index < -0.39 is 0 Å². The molecule has 0 unspecified atom stereocenters. The van der Waals surface area contributed by atoms with Crippen molar-refractivity contribution in [1.82, 2.24) is 10.3 Å². The Morgan fingerprint density at radius 2 is 2.00 bits per heavy atom. The fourth-order valence-electron chi connectivity index (χ4n) is 1.08. The zero-order valence-electron chi connectivity index (χ0n) is 7.67. The van der Waals surface area contributed by atoms with E-state index in [1.807, 2.05) is 24.5 Å². The number of nitrogens with zero attached hydrogens (tertiary/aromatic N) is 1. The van der Waals surface area contributed by atoms with Crippen LogP contribution in [-0.2, 0) is 6.54 Å². The van der Waals surface area contributed by atoms with Gasteiger partial charge in [-0.25, -0.2) is 0 Å². The summed E-state index contributed by atoms with van der Waals surface area (Å²) in [6, 6.07) is 4.04. The normalized spacial score (nSPS) is 10.2. The smallest absolute Gasteiger partial charge is 0.0271 e. The van der Waals surface area contributed by atoms with E-state index in [0.717, 1.165) is 31.8 Å². The van der Waals surface area contributed by atoms with Gasteiger partial charge in [0.1, 0.15) is 0 Å². The first-order valence-corrected chi connectivity index (χ1v) is 5.12. The Bertz CT molecular complexity index is 213. The van der Waals surface area contributed by atoms with Gasteiger partial charge in [0.15, 0.2) is 0 Å². The van der Waals surface area contributed by atoms with Gasteiger partial charge in [-0.2, -0.15) is 0 Å². The van der Waals surface area contributed by atoms with Gasteiger partial charge in [-0.3, -0.25) is 4.98 Å². The molecule has 0 saturated heterocycles. The first kappa shape index (κ1) is 10.5. The van der Waals surface area contributed by atoms with Crippen molar-refractivity contribution in [2.75, 3.05) is 12.4 Å². The summed E-state index contributed by atoms with van der Waals surface area (Å²) in [7, 11) is 0. The second-order valence-electron chi connectivity index (χ2n) is 2.93. The summed E-state index contributed by atoms with van der Waals surface area (Å²) in [5, 5.41) is 3.35. The quantitative estimate of drug-likeness (QED) is 0.560. The van der Waals surface area contributed by atoms with Crippen molar-refractivity contribution in [3.8, 4) is 0 Å². The van der Waals surface area contributed by atoms with Gasteiger partial charge in [-0.1, -0.05) is 0 Å². The second-order valence-corrected chi connectivity index (χ2v) is 3.31. The number of rotatable bonds is 6. The number of alkyl halides is 1. The zero-order valence-corrected chi connectivity index (χ0v) is 8.43. The number of nitrogens with one attached hydrogen (secondary N) is 1. The molecule has 3 heteroatoms. The van der Waals surface area contributed by atoms with E-state index in [1.54, 1.807) is 0 Å². The van der Waals surface area contributed by atoms with Crippen LogP contribution in [0.25, 0.3) is 0 Å². The third kappa shape index (κ3) is 4.86. The van der Waals surface area contributed by atoms with Gasteiger partial charge in [0.05, 0.1) is 0 Å². The summed E-state index contributed by atoms with van der Waals surface area (Å²) in [5.41, 5.74) is 1.28. The Labute approximate surface area is 84.3 Å². The van der Waals surface area contributed by atoms with Crippen LogP contribution in [0.2, 0.25) is 0 Å². The van der Waals surface area contributed by atoms with E-state index in [1.165, 1.54) is 5.56 Å². The molecule has 1 rings (SSSR count). The molecule has 0 aliphatic carbocycles. The van der Waals surface area contributed by atoms with E-state index in [4.69, 9.17) is 11.6 Å². The van der Waals surface area contributed by atoms with Crippen molar-refractivity contribution in [2.45, 2.75) is 19.4 Å². The topological polar surface area (TPSA) is 24.9 Å². The van der Waals surface area contributed by atoms with Gasteiger partial charge in [-0.05, 0) is 37.1 Å². The molecular weight excluding hydrogens is 184 g/mol. The first-order valence-electron chi connectivity index (χ1n) is 4.59. The number of pyridine rings is 1. The highest BCUT2D eigenvalue weighted by Crippen LogP contribution is 1.95. The van der Waals surface area contributed by atoms with Gasteiger partial charge in [0.2, 0.25) is 0 Å². The Morgan fingerprint density at radius 1 is 1.23 bits per heavy atom. The third-order valence-corrected chi connectivity index (χ3v) is 2.08. The molecule has 0 aliphatic rings. The lowest BCUT2D eigenvalue weighted by atomic mass is 10.2. The summed E-state index contributed by atoms with van der Waals surface area (Å²) in [6.07, 6.45) is 5.87. The average Bonchev–Trinajstić information content (AvgIpc) is 2.19. The fourth-order valence-corrected chi connectivity index (χ4v) is 1.27. The lowest BCUT2D eigenvalue weighted by molar-refractivity contribution is 0.642. The predicted molar refractivity (Wildman–Crippen MR) is 55.9 cm³/mol. The van der Waals surface area contributed by atoms with Gasteiger partial charge in [0, 0.05) is 24.8 Å². The summed E-state index contributed by atoms with van der Waals surface area (Å²) < 4.78 is 0. The molecule has 0 atom stereocenters. The van der Waals surface area contributed by atoms with Crippen molar-refractivity contribution in [3.05, 3.63) is 30.1 Å². The maximum atomic E-state index is 5.56. The maximum absolute atomic E-state index is 5.56. The van der Waals surface area contributed by atoms with Crippen molar-refractivity contribution >= 4 is 11.6 Å². The van der Waals surface area contributed by atoms with Crippen LogP contribution < -0.4 is 5.32 Å². The molecule has 72 valence electrons. The lowest BCUT2D eigenvalue weighted by Gasteiger charge is -2.02. The standard InChI is InChI=1S/C10H15ClN2/c11-5-1-2-6-13-9-10-3-7-12-8-4-10/h3-4,7-8,13H,1-2,5-6,9H2. The molecule has 0 aromatic carbocycles. The highest BCUT2D eigenvalue weighted by Gasteiger charge is 1.90. The molecule has 0 saturated carbocycles. The van der Waals surface area contributed by atoms with Crippen LogP contribution in [-0.4, -0.2) is 17.4 Å². The fraction of sp³-hybridized carbons (Fsp3) is 0.500. The Hall–Kier alpha value is -0.600. The van der Waals surface area contributed by atoms with E-state index in [-0.39, 0.29) is 0 Å². The number of hydrogen-bond donors (Lipinski definition) is 1. The SMILES string of the molecule is ClCCCCNCc1ccncc1. The van der Waals surface area contributed by atoms with E-state index in [2.05, 4.69) is 10.3 Å². The molecule has 1 N–H and O–H groups in total. The minimum absolute atomic E-state index is 0.761. The zero-order chi connectivity index (χ0) is 9.36. The van der Waals surface area contributed by atoms with Gasteiger partial charge >= 0.3 is 0 Å². The van der Waals surface area contributed by atoms with Crippen molar-refractivity contribution < 1.29 is 0 Å². The molecule has 1 heterocycles. The molecule has 1 aromatic rings. The van der Waals surface area contributed by atoms with Gasteiger partial charge in [-0.15, -0.1) is 11.6 Å². The molecule has 0 fully saturated rings. The Morgan fingerprint density at radius 3 is 2.69 bits per heavy atom. The van der Waals surface area contributed by atoms with E-state index in [9.17, 15) is 0 Å². The lowest BCUT2D eigenvalue weighted by Crippen LogP contribution is -2.14. The molecular formula is C10H15ClN2. The van der Waals surface area contributed by atoms with Gasteiger partial charge < -0.3 is 5.32 Å². The predicted octanol–water partition coefficient (Wildman–Crippen LogP) is 2.19. The molecule has 0 radical (unpaired) electrons. The van der Waals surface area contributed by atoms with Crippen molar-refractivity contribution in [1.29, 1.82) is 0 Å². The second kappa shape index (κ2) is 6.87. The molecule has 13 heavy (non-hydrogen) atoms. The van der Waals surface area contributed by atoms with Gasteiger partial charge in [0.25, 0.3) is 0 Å². The minimum atomic E-state index is 0.761. The monoisotopic (exact) mass is 198 g/mol. The number of aromatic nitrogens is 1. The molecule has 1 aromatic heterocycles. The van der Waals surface area contributed by atoms with Crippen LogP contribution >= 0.6 is 11.6 Å². The minimum Gasteiger partial charge on any atom is -0.313 e. The average molecular weight is 199 g/mol. The largest absolute Gasteiger partial charge is 0.313 e. The molecule has 0 spiro atoms. The molecule has 0 aliphatic heterocycles. The van der Waals surface area contributed by atoms with Crippen LogP contribution in [0.4, 0.5) is 0 Å². The maximum Gasteiger partial charge on any atom is 0.0271 e. The van der Waals surface area contributed by atoms with Crippen LogP contribution in [0, 0.1) is 0 Å². The summed E-state index contributed by atoms with van der Waals surface area (Å²) in [6.45, 7) is 1.96. The highest BCUT2D eigenvalue weighted by molar-refractivity contribution is 6.17. The summed E-state index contributed by atoms with van der Waals surface area (Å²) >= 11 is 5.56. The van der Waals surface area contributed by atoms with Crippen LogP contribution in [0.5, 0.6) is 0 Å². The van der Waals surface area contributed by atoms with Crippen LogP contribution in [0.3, 0.4) is 0 Å². The number of halogens is 1. The van der Waals surface area contributed by atoms with Crippen LogP contribution in [0.1, 0.15) is 18.4 Å². The van der Waals surface area contributed by atoms with Crippen molar-refractivity contribution in [3.63, 3.8) is 0 Å². The number of hydrogen-bond acceptors (Lipinski definition) is 2. The molecule has 0 bridgehead atoms. The molecule has 0 amide bonds. The third-order valence-electron chi connectivity index (χ3n) is 1.82. The molecule has 2 nitrogen and oxygen atoms in total. The number of unbranched alkanes of at least 4 members (excludes halogenated alkanes) is 1. The van der Waals surface area contributed by atoms with Crippen LogP contribution in [0.15, 0.2) is 24.5 Å². The van der Waals surface area contributed by atoms with E-state index >= 15 is 0 Å².